The van der Waals surface area contributed by atoms with Crippen LogP contribution in [0.5, 0.6) is 0 Å². The lowest BCUT2D eigenvalue weighted by Gasteiger charge is -2.47. The molecule has 124 valence electrons. The van der Waals surface area contributed by atoms with Gasteiger partial charge >= 0.3 is 5.97 Å². The maximum Gasteiger partial charge on any atom is 0.303 e. The second-order valence-electron chi connectivity index (χ2n) is 8.00. The Morgan fingerprint density at radius 3 is 2.87 bits per heavy atom. The van der Waals surface area contributed by atoms with Crippen LogP contribution in [-0.4, -0.2) is 52.5 Å². The molecule has 5 rings (SSSR count). The normalized spacial score (nSPS) is 58.0. The summed E-state index contributed by atoms with van der Waals surface area (Å²) in [5, 5.41) is 10.2. The van der Waals surface area contributed by atoms with Crippen LogP contribution in [0.15, 0.2) is 16.6 Å². The van der Waals surface area contributed by atoms with Crippen molar-refractivity contribution in [3.05, 3.63) is 11.6 Å². The zero-order valence-corrected chi connectivity index (χ0v) is 13.7. The van der Waals surface area contributed by atoms with Crippen LogP contribution in [0, 0.1) is 11.3 Å². The van der Waals surface area contributed by atoms with E-state index in [1.807, 2.05) is 6.92 Å². The summed E-state index contributed by atoms with van der Waals surface area (Å²) in [7, 11) is 0. The number of aliphatic hydroxyl groups excluding tert-OH is 1. The fraction of sp³-hybridized carbons (Fsp3) is 0.765. The predicted molar refractivity (Wildman–Crippen MR) is 79.8 cm³/mol. The molecule has 23 heavy (non-hydrogen) atoms. The van der Waals surface area contributed by atoms with Gasteiger partial charge in [-0.05, 0) is 25.0 Å². The lowest BCUT2D eigenvalue weighted by atomic mass is 9.56. The van der Waals surface area contributed by atoms with Crippen molar-refractivity contribution in [2.75, 3.05) is 0 Å². The van der Waals surface area contributed by atoms with Gasteiger partial charge in [0.15, 0.2) is 6.23 Å². The Labute approximate surface area is 134 Å². The number of carbonyl (C=O) groups excluding carboxylic acids is 1. The number of nitrogens with zero attached hydrogens (tertiary/aromatic N) is 1. The van der Waals surface area contributed by atoms with E-state index < -0.39 is 17.4 Å². The average Bonchev–Trinajstić information content (AvgIpc) is 3.33. The van der Waals surface area contributed by atoms with Gasteiger partial charge in [-0.15, -0.1) is 0 Å². The molecule has 2 unspecified atom stereocenters. The molecule has 3 fully saturated rings. The van der Waals surface area contributed by atoms with E-state index in [2.05, 4.69) is 24.9 Å². The molecule has 5 aliphatic rings. The summed E-state index contributed by atoms with van der Waals surface area (Å²) in [6.45, 7) is 7.67. The van der Waals surface area contributed by atoms with Crippen LogP contribution in [0.3, 0.4) is 0 Å². The quantitative estimate of drug-likeness (QED) is 0.575. The minimum absolute atomic E-state index is 0.0108. The zero-order valence-electron chi connectivity index (χ0n) is 13.7. The number of hydrogen-bond acceptors (Lipinski definition) is 6. The van der Waals surface area contributed by atoms with E-state index in [1.54, 1.807) is 0 Å². The number of fused-ring (bicyclic) bond motifs is 3. The number of carbonyl (C=O) groups is 1. The van der Waals surface area contributed by atoms with Crippen molar-refractivity contribution in [3.63, 3.8) is 0 Å². The lowest BCUT2D eigenvalue weighted by molar-refractivity contribution is -0.153. The van der Waals surface area contributed by atoms with Crippen molar-refractivity contribution in [3.8, 4) is 0 Å². The van der Waals surface area contributed by atoms with Crippen LogP contribution in [0.1, 0.15) is 34.1 Å². The summed E-state index contributed by atoms with van der Waals surface area (Å²) in [5.74, 6) is -0.157. The van der Waals surface area contributed by atoms with Gasteiger partial charge in [0.05, 0.1) is 5.71 Å². The van der Waals surface area contributed by atoms with E-state index in [9.17, 15) is 9.90 Å². The Morgan fingerprint density at radius 1 is 1.48 bits per heavy atom. The highest BCUT2D eigenvalue weighted by Gasteiger charge is 2.80. The maximum atomic E-state index is 11.5. The molecule has 3 heterocycles. The molecule has 1 spiro atoms. The Bertz CT molecular complexity index is 701. The number of aliphatic imine (C=N–C) groups is 1. The maximum absolute atomic E-state index is 11.5. The highest BCUT2D eigenvalue weighted by atomic mass is 16.7. The topological polar surface area (TPSA) is 84.0 Å². The summed E-state index contributed by atoms with van der Waals surface area (Å²) >= 11 is 0. The SMILES string of the molecule is CC(=O)OC1[C@H]2O[C@H]2C2=CC3=NC(O)[C@@]4(C)O[C@@]34C[C@]2(C)[C@H]1C. The molecular formula is C17H21NO5. The van der Waals surface area contributed by atoms with E-state index in [1.165, 1.54) is 12.5 Å². The molecule has 2 aliphatic carbocycles. The first-order chi connectivity index (χ1) is 10.7. The van der Waals surface area contributed by atoms with E-state index in [0.717, 1.165) is 12.1 Å². The summed E-state index contributed by atoms with van der Waals surface area (Å²) in [6, 6.07) is 0. The monoisotopic (exact) mass is 319 g/mol. The molecule has 1 saturated carbocycles. The van der Waals surface area contributed by atoms with E-state index >= 15 is 0 Å². The standard InChI is InChI=1S/C17H21NO5/c1-7-11(21-8(2)19)13-12(22-13)9-5-10-17(6-15(7,9)3)16(4,23-17)14(20)18-10/h5,7,11-14,20H,6H2,1-4H3/t7-,11?,12-,13+,14?,15+,16+,17-/m0/s1. The van der Waals surface area contributed by atoms with Crippen molar-refractivity contribution in [2.45, 2.75) is 69.9 Å². The molecule has 6 nitrogen and oxygen atoms in total. The third-order valence-corrected chi connectivity index (χ3v) is 6.84. The second-order valence-corrected chi connectivity index (χ2v) is 8.00. The number of rotatable bonds is 1. The molecule has 3 aliphatic heterocycles. The fourth-order valence-electron chi connectivity index (χ4n) is 5.11. The summed E-state index contributed by atoms with van der Waals surface area (Å²) in [6.07, 6.45) is 1.70. The van der Waals surface area contributed by atoms with Crippen molar-refractivity contribution in [1.82, 2.24) is 0 Å². The van der Waals surface area contributed by atoms with Gasteiger partial charge in [-0.2, -0.15) is 0 Å². The van der Waals surface area contributed by atoms with Crippen LogP contribution in [0.4, 0.5) is 0 Å². The van der Waals surface area contributed by atoms with Gasteiger partial charge in [-0.3, -0.25) is 9.79 Å². The lowest BCUT2D eigenvalue weighted by Crippen LogP contribution is -2.52. The molecular weight excluding hydrogens is 298 g/mol. The molecule has 2 saturated heterocycles. The van der Waals surface area contributed by atoms with Gasteiger partial charge in [0.25, 0.3) is 0 Å². The van der Waals surface area contributed by atoms with E-state index in [0.29, 0.717) is 0 Å². The first-order valence-electron chi connectivity index (χ1n) is 8.24. The molecule has 0 aromatic carbocycles. The molecule has 6 heteroatoms. The first-order valence-corrected chi connectivity index (χ1v) is 8.24. The number of aliphatic hydroxyl groups is 1. The van der Waals surface area contributed by atoms with Crippen molar-refractivity contribution in [2.24, 2.45) is 16.3 Å². The van der Waals surface area contributed by atoms with Crippen LogP contribution in [0.2, 0.25) is 0 Å². The van der Waals surface area contributed by atoms with Gasteiger partial charge in [0.2, 0.25) is 0 Å². The van der Waals surface area contributed by atoms with Gasteiger partial charge in [-0.1, -0.05) is 13.8 Å². The summed E-state index contributed by atoms with van der Waals surface area (Å²) in [5.41, 5.74) is 0.729. The molecule has 0 amide bonds. The predicted octanol–water partition coefficient (Wildman–Crippen LogP) is 0.972. The van der Waals surface area contributed by atoms with Gasteiger partial charge in [-0.25, -0.2) is 0 Å². The molecule has 0 aromatic heterocycles. The van der Waals surface area contributed by atoms with Crippen molar-refractivity contribution < 1.29 is 24.1 Å². The molecule has 1 N–H and O–H groups in total. The van der Waals surface area contributed by atoms with Gasteiger partial charge in [0, 0.05) is 18.3 Å². The summed E-state index contributed by atoms with van der Waals surface area (Å²) < 4.78 is 17.4. The van der Waals surface area contributed by atoms with Crippen LogP contribution < -0.4 is 0 Å². The highest BCUT2D eigenvalue weighted by Crippen LogP contribution is 2.68. The van der Waals surface area contributed by atoms with E-state index in [4.69, 9.17) is 14.2 Å². The highest BCUT2D eigenvalue weighted by molar-refractivity contribution is 6.09. The number of epoxide rings is 2. The minimum Gasteiger partial charge on any atom is -0.459 e. The van der Waals surface area contributed by atoms with Gasteiger partial charge in [0.1, 0.15) is 29.5 Å². The van der Waals surface area contributed by atoms with Gasteiger partial charge < -0.3 is 19.3 Å². The number of hydrogen-bond donors (Lipinski definition) is 1. The fourth-order valence-corrected chi connectivity index (χ4v) is 5.11. The Balaban J connectivity index is 1.58. The smallest absolute Gasteiger partial charge is 0.303 e. The molecule has 0 aromatic rings. The third-order valence-electron chi connectivity index (χ3n) is 6.84. The minimum atomic E-state index is -0.811. The Kier molecular flexibility index (Phi) is 2.28. The first kappa shape index (κ1) is 14.1. The summed E-state index contributed by atoms with van der Waals surface area (Å²) in [4.78, 5) is 15.9. The van der Waals surface area contributed by atoms with E-state index in [-0.39, 0.29) is 35.6 Å². The zero-order chi connectivity index (χ0) is 16.4. The van der Waals surface area contributed by atoms with Crippen LogP contribution >= 0.6 is 0 Å². The van der Waals surface area contributed by atoms with Crippen LogP contribution in [-0.2, 0) is 19.0 Å². The molecule has 0 bridgehead atoms. The Hall–Kier alpha value is -1.24. The molecule has 8 atom stereocenters. The Morgan fingerprint density at radius 2 is 2.22 bits per heavy atom. The van der Waals surface area contributed by atoms with Crippen molar-refractivity contribution >= 4 is 11.7 Å². The van der Waals surface area contributed by atoms with Crippen LogP contribution in [0.25, 0.3) is 0 Å². The third kappa shape index (κ3) is 1.42. The second kappa shape index (κ2) is 3.71. The number of ether oxygens (including phenoxy) is 3. The number of esters is 1. The van der Waals surface area contributed by atoms with Crippen molar-refractivity contribution in [1.29, 1.82) is 0 Å². The average molecular weight is 319 g/mol. The largest absolute Gasteiger partial charge is 0.459 e. The molecule has 0 radical (unpaired) electrons.